The van der Waals surface area contributed by atoms with E-state index < -0.39 is 6.29 Å². The lowest BCUT2D eigenvalue weighted by Crippen LogP contribution is -2.68. The molecule has 1 aromatic rings. The first-order chi connectivity index (χ1) is 10.9. The molecule has 1 aromatic carbocycles. The van der Waals surface area contributed by atoms with E-state index in [1.165, 1.54) is 12.8 Å². The molecule has 4 unspecified atom stereocenters. The SMILES string of the molecule is C=C(c1ccccc1)C(OC)OOC12CC(CCC1C)C2(C)C. The van der Waals surface area contributed by atoms with Crippen LogP contribution in [0.15, 0.2) is 36.9 Å². The molecule has 3 nitrogen and oxygen atoms in total. The molecule has 2 bridgehead atoms. The minimum atomic E-state index is -0.587. The van der Waals surface area contributed by atoms with Crippen molar-refractivity contribution in [3.8, 4) is 0 Å². The van der Waals surface area contributed by atoms with E-state index >= 15 is 0 Å². The molecule has 23 heavy (non-hydrogen) atoms. The molecule has 3 heteroatoms. The van der Waals surface area contributed by atoms with Gasteiger partial charge in [-0.25, -0.2) is 4.89 Å². The van der Waals surface area contributed by atoms with Gasteiger partial charge in [-0.1, -0.05) is 57.7 Å². The predicted molar refractivity (Wildman–Crippen MR) is 91.5 cm³/mol. The van der Waals surface area contributed by atoms with Crippen molar-refractivity contribution in [3.63, 3.8) is 0 Å². The topological polar surface area (TPSA) is 27.7 Å². The minimum Gasteiger partial charge on any atom is -0.349 e. The van der Waals surface area contributed by atoms with Gasteiger partial charge in [0, 0.05) is 18.1 Å². The van der Waals surface area contributed by atoms with Gasteiger partial charge in [0.1, 0.15) is 5.60 Å². The molecule has 0 spiro atoms. The Labute approximate surface area is 139 Å². The number of fused-ring (bicyclic) bond motifs is 2. The normalized spacial score (nSPS) is 32.9. The first kappa shape index (κ1) is 16.7. The predicted octanol–water partition coefficient (Wildman–Crippen LogP) is 4.84. The van der Waals surface area contributed by atoms with Gasteiger partial charge in [-0.05, 0) is 36.7 Å². The van der Waals surface area contributed by atoms with Crippen molar-refractivity contribution in [3.05, 3.63) is 42.5 Å². The van der Waals surface area contributed by atoms with Crippen molar-refractivity contribution < 1.29 is 14.5 Å². The zero-order chi connectivity index (χ0) is 16.7. The summed E-state index contributed by atoms with van der Waals surface area (Å²) in [5.74, 6) is 1.23. The van der Waals surface area contributed by atoms with Crippen LogP contribution in [0.1, 0.15) is 45.6 Å². The summed E-state index contributed by atoms with van der Waals surface area (Å²) in [7, 11) is 1.62. The number of benzene rings is 1. The molecule has 3 saturated carbocycles. The summed E-state index contributed by atoms with van der Waals surface area (Å²) in [6.45, 7) is 11.0. The van der Waals surface area contributed by atoms with Gasteiger partial charge in [0.25, 0.3) is 0 Å². The molecule has 0 heterocycles. The van der Waals surface area contributed by atoms with Crippen molar-refractivity contribution in [2.24, 2.45) is 17.3 Å². The summed E-state index contributed by atoms with van der Waals surface area (Å²) < 4.78 is 5.48. The molecule has 4 rings (SSSR count). The van der Waals surface area contributed by atoms with Crippen LogP contribution in [0.2, 0.25) is 0 Å². The second-order valence-corrected chi connectivity index (χ2v) is 7.63. The average molecular weight is 316 g/mol. The minimum absolute atomic E-state index is 0.150. The number of hydrogen-bond donors (Lipinski definition) is 0. The molecule has 0 saturated heterocycles. The lowest BCUT2D eigenvalue weighted by atomic mass is 9.43. The van der Waals surface area contributed by atoms with Crippen molar-refractivity contribution in [1.82, 2.24) is 0 Å². The first-order valence-corrected chi connectivity index (χ1v) is 8.54. The Bertz CT molecular complexity index is 566. The van der Waals surface area contributed by atoms with Crippen LogP contribution in [-0.2, 0) is 14.5 Å². The quantitative estimate of drug-likeness (QED) is 0.427. The van der Waals surface area contributed by atoms with Gasteiger partial charge in [-0.15, -0.1) is 0 Å². The zero-order valence-corrected chi connectivity index (χ0v) is 14.7. The van der Waals surface area contributed by atoms with Crippen molar-refractivity contribution in [1.29, 1.82) is 0 Å². The Kier molecular flexibility index (Phi) is 4.39. The largest absolute Gasteiger partial charge is 0.349 e. The fourth-order valence-electron chi connectivity index (χ4n) is 4.46. The zero-order valence-electron chi connectivity index (χ0n) is 14.7. The van der Waals surface area contributed by atoms with Crippen LogP contribution >= 0.6 is 0 Å². The van der Waals surface area contributed by atoms with Crippen LogP contribution in [0.25, 0.3) is 5.57 Å². The highest BCUT2D eigenvalue weighted by Crippen LogP contribution is 2.66. The third-order valence-corrected chi connectivity index (χ3v) is 6.33. The molecule has 3 aliphatic rings. The Morgan fingerprint density at radius 1 is 1.22 bits per heavy atom. The van der Waals surface area contributed by atoms with Gasteiger partial charge in [-0.3, -0.25) is 0 Å². The van der Waals surface area contributed by atoms with Crippen LogP contribution in [-0.4, -0.2) is 19.0 Å². The van der Waals surface area contributed by atoms with Gasteiger partial charge in [-0.2, -0.15) is 4.89 Å². The summed E-state index contributed by atoms with van der Waals surface area (Å²) in [5, 5.41) is 0. The Morgan fingerprint density at radius 3 is 2.48 bits per heavy atom. The highest BCUT2D eigenvalue weighted by atomic mass is 17.2. The van der Waals surface area contributed by atoms with Crippen LogP contribution in [0.3, 0.4) is 0 Å². The smallest absolute Gasteiger partial charge is 0.217 e. The monoisotopic (exact) mass is 316 g/mol. The van der Waals surface area contributed by atoms with E-state index in [0.717, 1.165) is 23.5 Å². The van der Waals surface area contributed by atoms with Gasteiger partial charge in [0.15, 0.2) is 0 Å². The lowest BCUT2D eigenvalue weighted by Gasteiger charge is -2.66. The molecule has 126 valence electrons. The second-order valence-electron chi connectivity index (χ2n) is 7.63. The standard InChI is InChI=1S/C20H28O3/c1-14-11-12-17-13-20(14,19(17,3)4)23-22-18(21-5)15(2)16-9-7-6-8-10-16/h6-10,14,17-18H,2,11-13H2,1,3-5H3. The third-order valence-electron chi connectivity index (χ3n) is 6.33. The van der Waals surface area contributed by atoms with E-state index in [2.05, 4.69) is 27.4 Å². The summed E-state index contributed by atoms with van der Waals surface area (Å²) in [6, 6.07) is 9.95. The fraction of sp³-hybridized carbons (Fsp3) is 0.600. The van der Waals surface area contributed by atoms with Gasteiger partial charge >= 0.3 is 0 Å². The molecule has 0 radical (unpaired) electrons. The second kappa shape index (κ2) is 6.04. The molecule has 0 amide bonds. The van der Waals surface area contributed by atoms with E-state index in [0.29, 0.717) is 5.92 Å². The van der Waals surface area contributed by atoms with Crippen LogP contribution in [0.4, 0.5) is 0 Å². The lowest BCUT2D eigenvalue weighted by molar-refractivity contribution is -0.470. The molecule has 0 N–H and O–H groups in total. The first-order valence-electron chi connectivity index (χ1n) is 8.54. The van der Waals surface area contributed by atoms with Crippen molar-refractivity contribution in [2.45, 2.75) is 51.9 Å². The maximum absolute atomic E-state index is 6.07. The molecule has 3 fully saturated rings. The van der Waals surface area contributed by atoms with E-state index in [4.69, 9.17) is 14.5 Å². The van der Waals surface area contributed by atoms with Gasteiger partial charge in [0.2, 0.25) is 6.29 Å². The highest BCUT2D eigenvalue weighted by Gasteiger charge is 2.67. The maximum atomic E-state index is 6.07. The summed E-state index contributed by atoms with van der Waals surface area (Å²) in [5.41, 5.74) is 1.73. The van der Waals surface area contributed by atoms with E-state index in [9.17, 15) is 0 Å². The summed E-state index contributed by atoms with van der Waals surface area (Å²) in [6.07, 6.45) is 2.99. The molecule has 0 aliphatic heterocycles. The number of methoxy groups -OCH3 is 1. The van der Waals surface area contributed by atoms with E-state index in [1.807, 2.05) is 30.3 Å². The summed E-state index contributed by atoms with van der Waals surface area (Å²) >= 11 is 0. The van der Waals surface area contributed by atoms with Crippen molar-refractivity contribution >= 4 is 5.57 Å². The van der Waals surface area contributed by atoms with Gasteiger partial charge in [0.05, 0.1) is 0 Å². The molecule has 0 aromatic heterocycles. The molecule has 4 atom stereocenters. The Morgan fingerprint density at radius 2 is 1.91 bits per heavy atom. The molecular weight excluding hydrogens is 288 g/mol. The van der Waals surface area contributed by atoms with E-state index in [-0.39, 0.29) is 11.0 Å². The Balaban J connectivity index is 1.70. The van der Waals surface area contributed by atoms with Gasteiger partial charge < -0.3 is 4.74 Å². The number of rotatable bonds is 6. The van der Waals surface area contributed by atoms with Crippen LogP contribution in [0.5, 0.6) is 0 Å². The fourth-order valence-corrected chi connectivity index (χ4v) is 4.46. The number of ether oxygens (including phenoxy) is 1. The van der Waals surface area contributed by atoms with Crippen LogP contribution in [0, 0.1) is 17.3 Å². The maximum Gasteiger partial charge on any atom is 0.217 e. The van der Waals surface area contributed by atoms with E-state index in [1.54, 1.807) is 7.11 Å². The molecular formula is C20H28O3. The van der Waals surface area contributed by atoms with Crippen molar-refractivity contribution in [2.75, 3.05) is 7.11 Å². The average Bonchev–Trinajstić information content (AvgIpc) is 2.56. The summed E-state index contributed by atoms with van der Waals surface area (Å²) in [4.78, 5) is 11.8. The van der Waals surface area contributed by atoms with Crippen LogP contribution < -0.4 is 0 Å². The number of hydrogen-bond acceptors (Lipinski definition) is 3. The Hall–Kier alpha value is -1.16. The highest BCUT2D eigenvalue weighted by molar-refractivity contribution is 5.65. The third kappa shape index (κ3) is 2.55. The molecule has 3 aliphatic carbocycles.